The SMILES string of the molecule is CCC(CC)N(C)S(=O)(=O)c1cccnc1Cl. The molecule has 4 nitrogen and oxygen atoms in total. The molecule has 1 heterocycles. The van der Waals surface area contributed by atoms with Gasteiger partial charge in [-0.15, -0.1) is 0 Å². The van der Waals surface area contributed by atoms with Gasteiger partial charge in [-0.2, -0.15) is 4.31 Å². The van der Waals surface area contributed by atoms with E-state index in [2.05, 4.69) is 4.98 Å². The monoisotopic (exact) mass is 276 g/mol. The molecule has 1 rings (SSSR count). The van der Waals surface area contributed by atoms with Crippen LogP contribution in [0.4, 0.5) is 0 Å². The molecule has 0 aliphatic carbocycles. The molecule has 0 radical (unpaired) electrons. The second kappa shape index (κ2) is 5.80. The number of hydrogen-bond acceptors (Lipinski definition) is 3. The second-order valence-electron chi connectivity index (χ2n) is 3.78. The van der Waals surface area contributed by atoms with Crippen molar-refractivity contribution < 1.29 is 8.42 Å². The van der Waals surface area contributed by atoms with Crippen molar-refractivity contribution in [2.75, 3.05) is 7.05 Å². The smallest absolute Gasteiger partial charge is 0.243 e. The average molecular weight is 277 g/mol. The Hall–Kier alpha value is -0.650. The minimum absolute atomic E-state index is 0.0173. The summed E-state index contributed by atoms with van der Waals surface area (Å²) in [7, 11) is -1.97. The first-order chi connectivity index (χ1) is 7.95. The first-order valence-corrected chi connectivity index (χ1v) is 7.35. The van der Waals surface area contributed by atoms with E-state index in [9.17, 15) is 8.42 Å². The lowest BCUT2D eigenvalue weighted by Crippen LogP contribution is -2.36. The summed E-state index contributed by atoms with van der Waals surface area (Å²) >= 11 is 5.83. The van der Waals surface area contributed by atoms with Gasteiger partial charge in [0.05, 0.1) is 0 Å². The molecule has 0 spiro atoms. The van der Waals surface area contributed by atoms with Gasteiger partial charge in [-0.05, 0) is 25.0 Å². The maximum atomic E-state index is 12.3. The molecule has 0 bridgehead atoms. The van der Waals surface area contributed by atoms with E-state index in [1.807, 2.05) is 13.8 Å². The number of halogens is 1. The van der Waals surface area contributed by atoms with Crippen molar-refractivity contribution in [3.63, 3.8) is 0 Å². The normalized spacial score (nSPS) is 12.4. The molecule has 1 aromatic heterocycles. The summed E-state index contributed by atoms with van der Waals surface area (Å²) in [5.74, 6) is 0. The summed E-state index contributed by atoms with van der Waals surface area (Å²) in [6.07, 6.45) is 3.01. The Kier molecular flexibility index (Phi) is 4.91. The van der Waals surface area contributed by atoms with Crippen molar-refractivity contribution in [3.8, 4) is 0 Å². The summed E-state index contributed by atoms with van der Waals surface area (Å²) in [5, 5.41) is 0.0188. The fraction of sp³-hybridized carbons (Fsp3) is 0.545. The minimum Gasteiger partial charge on any atom is -0.243 e. The van der Waals surface area contributed by atoms with Crippen LogP contribution in [0.25, 0.3) is 0 Å². The number of sulfonamides is 1. The second-order valence-corrected chi connectivity index (χ2v) is 6.11. The van der Waals surface area contributed by atoms with Gasteiger partial charge in [0.2, 0.25) is 10.0 Å². The zero-order chi connectivity index (χ0) is 13.1. The summed E-state index contributed by atoms with van der Waals surface area (Å²) in [5.41, 5.74) is 0. The van der Waals surface area contributed by atoms with E-state index < -0.39 is 10.0 Å². The Labute approximate surface area is 108 Å². The lowest BCUT2D eigenvalue weighted by molar-refractivity contribution is 0.349. The molecular weight excluding hydrogens is 260 g/mol. The van der Waals surface area contributed by atoms with E-state index in [0.29, 0.717) is 0 Å². The van der Waals surface area contributed by atoms with Crippen molar-refractivity contribution in [2.24, 2.45) is 0 Å². The molecule has 0 aromatic carbocycles. The predicted octanol–water partition coefficient (Wildman–Crippen LogP) is 2.54. The Morgan fingerprint density at radius 2 is 2.00 bits per heavy atom. The van der Waals surface area contributed by atoms with Gasteiger partial charge in [0.15, 0.2) is 0 Å². The molecule has 0 aliphatic rings. The van der Waals surface area contributed by atoms with E-state index in [0.717, 1.165) is 12.8 Å². The van der Waals surface area contributed by atoms with E-state index in [1.165, 1.54) is 16.6 Å². The molecule has 17 heavy (non-hydrogen) atoms. The van der Waals surface area contributed by atoms with Gasteiger partial charge in [0.1, 0.15) is 10.0 Å². The molecule has 0 atom stereocenters. The van der Waals surface area contributed by atoms with Crippen LogP contribution in [0.1, 0.15) is 26.7 Å². The van der Waals surface area contributed by atoms with Gasteiger partial charge in [-0.25, -0.2) is 13.4 Å². The van der Waals surface area contributed by atoms with Crippen LogP contribution >= 0.6 is 11.6 Å². The molecule has 0 saturated heterocycles. The maximum Gasteiger partial charge on any atom is 0.246 e. The third kappa shape index (κ3) is 2.97. The van der Waals surface area contributed by atoms with E-state index >= 15 is 0 Å². The largest absolute Gasteiger partial charge is 0.246 e. The summed E-state index contributed by atoms with van der Waals surface area (Å²) in [6, 6.07) is 3.03. The van der Waals surface area contributed by atoms with Crippen LogP contribution in [0.3, 0.4) is 0 Å². The van der Waals surface area contributed by atoms with Crippen molar-refractivity contribution in [1.29, 1.82) is 0 Å². The lowest BCUT2D eigenvalue weighted by atomic mass is 10.2. The van der Waals surface area contributed by atoms with Gasteiger partial charge in [-0.3, -0.25) is 0 Å². The van der Waals surface area contributed by atoms with Crippen LogP contribution < -0.4 is 0 Å². The van der Waals surface area contributed by atoms with Crippen LogP contribution in [0, 0.1) is 0 Å². The molecule has 0 fully saturated rings. The van der Waals surface area contributed by atoms with E-state index in [1.54, 1.807) is 13.1 Å². The highest BCUT2D eigenvalue weighted by molar-refractivity contribution is 7.89. The molecule has 0 amide bonds. The molecule has 0 aliphatic heterocycles. The van der Waals surface area contributed by atoms with Gasteiger partial charge < -0.3 is 0 Å². The van der Waals surface area contributed by atoms with Crippen LogP contribution in [-0.2, 0) is 10.0 Å². The number of pyridine rings is 1. The maximum absolute atomic E-state index is 12.3. The molecule has 0 unspecified atom stereocenters. The number of aromatic nitrogens is 1. The summed E-state index contributed by atoms with van der Waals surface area (Å²) in [6.45, 7) is 3.93. The van der Waals surface area contributed by atoms with Crippen molar-refractivity contribution in [3.05, 3.63) is 23.5 Å². The topological polar surface area (TPSA) is 50.3 Å². The fourth-order valence-corrected chi connectivity index (χ4v) is 3.65. The molecule has 6 heteroatoms. The highest BCUT2D eigenvalue weighted by Gasteiger charge is 2.28. The third-order valence-corrected chi connectivity index (χ3v) is 5.19. The number of nitrogens with zero attached hydrogens (tertiary/aromatic N) is 2. The number of rotatable bonds is 5. The van der Waals surface area contributed by atoms with Gasteiger partial charge in [-0.1, -0.05) is 25.4 Å². The highest BCUT2D eigenvalue weighted by atomic mass is 35.5. The van der Waals surface area contributed by atoms with E-state index in [-0.39, 0.29) is 16.1 Å². The zero-order valence-corrected chi connectivity index (χ0v) is 11.8. The Balaban J connectivity index is 3.16. The van der Waals surface area contributed by atoms with Gasteiger partial charge >= 0.3 is 0 Å². The van der Waals surface area contributed by atoms with Crippen molar-refractivity contribution in [1.82, 2.24) is 9.29 Å². The van der Waals surface area contributed by atoms with Crippen LogP contribution in [0.15, 0.2) is 23.2 Å². The van der Waals surface area contributed by atoms with Gasteiger partial charge in [0, 0.05) is 19.3 Å². The van der Waals surface area contributed by atoms with Crippen LogP contribution in [0.5, 0.6) is 0 Å². The highest BCUT2D eigenvalue weighted by Crippen LogP contribution is 2.24. The molecular formula is C11H17ClN2O2S. The van der Waals surface area contributed by atoms with Crippen LogP contribution in [0.2, 0.25) is 5.15 Å². The van der Waals surface area contributed by atoms with Gasteiger partial charge in [0.25, 0.3) is 0 Å². The molecule has 0 saturated carbocycles. The fourth-order valence-electron chi connectivity index (χ4n) is 1.72. The predicted molar refractivity (Wildman–Crippen MR) is 68.6 cm³/mol. The first kappa shape index (κ1) is 14.4. The zero-order valence-electron chi connectivity index (χ0n) is 10.2. The minimum atomic E-state index is -3.55. The summed E-state index contributed by atoms with van der Waals surface area (Å²) < 4.78 is 26.0. The Bertz CT molecular complexity index is 472. The Morgan fingerprint density at radius 1 is 1.41 bits per heavy atom. The summed E-state index contributed by atoms with van der Waals surface area (Å²) in [4.78, 5) is 3.86. The third-order valence-electron chi connectivity index (χ3n) is 2.84. The lowest BCUT2D eigenvalue weighted by Gasteiger charge is -2.25. The molecule has 1 aromatic rings. The van der Waals surface area contributed by atoms with Crippen molar-refractivity contribution in [2.45, 2.75) is 37.6 Å². The first-order valence-electron chi connectivity index (χ1n) is 5.53. The molecule has 0 N–H and O–H groups in total. The Morgan fingerprint density at radius 3 is 2.47 bits per heavy atom. The van der Waals surface area contributed by atoms with E-state index in [4.69, 9.17) is 11.6 Å². The van der Waals surface area contributed by atoms with Crippen LogP contribution in [-0.4, -0.2) is 30.8 Å². The van der Waals surface area contributed by atoms with Crippen molar-refractivity contribution >= 4 is 21.6 Å². The number of hydrogen-bond donors (Lipinski definition) is 0. The molecule has 96 valence electrons. The average Bonchev–Trinajstić information content (AvgIpc) is 2.30. The standard InChI is InChI=1S/C11H17ClN2O2S/c1-4-9(5-2)14(3)17(15,16)10-7-6-8-13-11(10)12/h6-9H,4-5H2,1-3H3. The quantitative estimate of drug-likeness (QED) is 0.777.